The van der Waals surface area contributed by atoms with Crippen LogP contribution in [0.2, 0.25) is 0 Å². The Morgan fingerprint density at radius 1 is 1.14 bits per heavy atom. The lowest BCUT2D eigenvalue weighted by Crippen LogP contribution is -3.00. The summed E-state index contributed by atoms with van der Waals surface area (Å²) in [5, 5.41) is 0. The van der Waals surface area contributed by atoms with E-state index in [9.17, 15) is 0 Å². The van der Waals surface area contributed by atoms with Gasteiger partial charge in [0, 0.05) is 18.4 Å². The molecule has 0 saturated carbocycles. The van der Waals surface area contributed by atoms with Crippen LogP contribution >= 0.6 is 0 Å². The quantitative estimate of drug-likeness (QED) is 0.535. The average molecular weight is 210 g/mol. The van der Waals surface area contributed by atoms with Gasteiger partial charge in [0.2, 0.25) is 0 Å². The van der Waals surface area contributed by atoms with Gasteiger partial charge in [0.05, 0.1) is 0 Å². The van der Waals surface area contributed by atoms with Gasteiger partial charge in [-0.2, -0.15) is 0 Å². The fourth-order valence-corrected chi connectivity index (χ4v) is 1.80. The molecule has 0 bridgehead atoms. The van der Waals surface area contributed by atoms with Crippen molar-refractivity contribution in [2.45, 2.75) is 19.8 Å². The zero-order valence-electron chi connectivity index (χ0n) is 8.54. The van der Waals surface area contributed by atoms with E-state index in [0.717, 1.165) is 0 Å². The zero-order valence-corrected chi connectivity index (χ0v) is 9.30. The van der Waals surface area contributed by atoms with Crippen molar-refractivity contribution in [3.63, 3.8) is 0 Å². The highest BCUT2D eigenvalue weighted by Gasteiger charge is 2.12. The molecule has 1 fully saturated rings. The highest BCUT2D eigenvalue weighted by molar-refractivity contribution is 5.77. The summed E-state index contributed by atoms with van der Waals surface area (Å²) in [5.74, 6) is 0. The molecule has 0 spiro atoms. The van der Waals surface area contributed by atoms with Gasteiger partial charge in [0.1, 0.15) is 13.1 Å². The summed E-state index contributed by atoms with van der Waals surface area (Å²) >= 11 is 0. The molecule has 0 unspecified atom stereocenters. The topological polar surface area (TPSA) is 3.01 Å². The molecule has 76 valence electrons. The minimum atomic E-state index is 0. The summed E-state index contributed by atoms with van der Waals surface area (Å²) in [6, 6.07) is 8.56. The van der Waals surface area contributed by atoms with Gasteiger partial charge in [0.15, 0.2) is 6.21 Å². The molecule has 0 N–H and O–H groups in total. The number of benzene rings is 1. The first-order valence-electron chi connectivity index (χ1n) is 5.01. The summed E-state index contributed by atoms with van der Waals surface area (Å²) in [6.45, 7) is 4.63. The molecule has 2 rings (SSSR count). The van der Waals surface area contributed by atoms with Gasteiger partial charge in [-0.3, -0.25) is 0 Å². The summed E-state index contributed by atoms with van der Waals surface area (Å²) in [4.78, 5) is 0. The predicted molar refractivity (Wildman–Crippen MR) is 55.6 cm³/mol. The molecule has 14 heavy (non-hydrogen) atoms. The van der Waals surface area contributed by atoms with Crippen LogP contribution in [-0.2, 0) is 0 Å². The van der Waals surface area contributed by atoms with E-state index in [0.29, 0.717) is 0 Å². The largest absolute Gasteiger partial charge is 1.00 e. The first kappa shape index (κ1) is 11.3. The van der Waals surface area contributed by atoms with Crippen molar-refractivity contribution >= 4 is 6.21 Å². The predicted octanol–water partition coefficient (Wildman–Crippen LogP) is -0.776. The van der Waals surface area contributed by atoms with Crippen LogP contribution in [0.3, 0.4) is 0 Å². The van der Waals surface area contributed by atoms with Crippen LogP contribution in [0.25, 0.3) is 0 Å². The van der Waals surface area contributed by atoms with E-state index >= 15 is 0 Å². The normalized spacial score (nSPS) is 15.1. The Morgan fingerprint density at radius 2 is 1.79 bits per heavy atom. The molecule has 0 atom stereocenters. The molecule has 0 radical (unpaired) electrons. The fraction of sp³-hybridized carbons (Fsp3) is 0.417. The van der Waals surface area contributed by atoms with E-state index in [1.54, 1.807) is 0 Å². The van der Waals surface area contributed by atoms with Crippen molar-refractivity contribution in [2.24, 2.45) is 0 Å². The van der Waals surface area contributed by atoms with Crippen LogP contribution in [0, 0.1) is 6.92 Å². The zero-order chi connectivity index (χ0) is 9.10. The second kappa shape index (κ2) is 5.16. The van der Waals surface area contributed by atoms with Crippen LogP contribution in [0.1, 0.15) is 24.0 Å². The number of hydrogen-bond acceptors (Lipinski definition) is 0. The van der Waals surface area contributed by atoms with Crippen molar-refractivity contribution in [1.82, 2.24) is 0 Å². The van der Waals surface area contributed by atoms with Gasteiger partial charge in [0.25, 0.3) is 0 Å². The van der Waals surface area contributed by atoms with Crippen molar-refractivity contribution in [3.8, 4) is 0 Å². The van der Waals surface area contributed by atoms with Crippen LogP contribution in [-0.4, -0.2) is 23.9 Å². The number of halogens is 1. The number of aryl methyl sites for hydroxylation is 1. The van der Waals surface area contributed by atoms with Crippen molar-refractivity contribution in [2.75, 3.05) is 13.1 Å². The summed E-state index contributed by atoms with van der Waals surface area (Å²) in [5.41, 5.74) is 2.74. The SMILES string of the molecule is Cc1ccccc1C=[N+]1CCCC1.[Cl-]. The molecule has 0 amide bonds. The van der Waals surface area contributed by atoms with Crippen LogP contribution in [0.15, 0.2) is 24.3 Å². The lowest BCUT2D eigenvalue weighted by Gasteiger charge is -1.97. The summed E-state index contributed by atoms with van der Waals surface area (Å²) < 4.78 is 2.42. The minimum absolute atomic E-state index is 0. The van der Waals surface area contributed by atoms with Gasteiger partial charge in [-0.25, -0.2) is 4.58 Å². The molecule has 0 aromatic heterocycles. The smallest absolute Gasteiger partial charge is 0.170 e. The number of hydrogen-bond donors (Lipinski definition) is 0. The molecule has 1 aromatic carbocycles. The molecule has 1 saturated heterocycles. The maximum absolute atomic E-state index is 2.42. The van der Waals surface area contributed by atoms with E-state index in [1.807, 2.05) is 0 Å². The third-order valence-corrected chi connectivity index (χ3v) is 2.65. The lowest BCUT2D eigenvalue weighted by molar-refractivity contribution is -0.500. The Balaban J connectivity index is 0.000000980. The second-order valence-corrected chi connectivity index (χ2v) is 3.73. The Kier molecular flexibility index (Phi) is 4.15. The number of nitrogens with zero attached hydrogens (tertiary/aromatic N) is 1. The highest BCUT2D eigenvalue weighted by atomic mass is 35.5. The molecular weight excluding hydrogens is 194 g/mol. The molecule has 1 heterocycles. The van der Waals surface area contributed by atoms with Crippen LogP contribution in [0.5, 0.6) is 0 Å². The monoisotopic (exact) mass is 209 g/mol. The van der Waals surface area contributed by atoms with Crippen molar-refractivity contribution in [3.05, 3.63) is 35.4 Å². The van der Waals surface area contributed by atoms with Crippen molar-refractivity contribution < 1.29 is 17.0 Å². The van der Waals surface area contributed by atoms with E-state index in [4.69, 9.17) is 0 Å². The fourth-order valence-electron chi connectivity index (χ4n) is 1.80. The van der Waals surface area contributed by atoms with E-state index in [1.165, 1.54) is 37.1 Å². The molecular formula is C12H16ClN. The first-order chi connectivity index (χ1) is 6.36. The van der Waals surface area contributed by atoms with Crippen LogP contribution < -0.4 is 12.4 Å². The second-order valence-electron chi connectivity index (χ2n) is 3.73. The Hall–Kier alpha value is -0.820. The van der Waals surface area contributed by atoms with Gasteiger partial charge in [-0.1, -0.05) is 18.2 Å². The van der Waals surface area contributed by atoms with Gasteiger partial charge in [-0.05, 0) is 18.6 Å². The minimum Gasteiger partial charge on any atom is -1.00 e. The molecule has 1 aliphatic heterocycles. The van der Waals surface area contributed by atoms with E-state index in [-0.39, 0.29) is 12.4 Å². The Labute approximate surface area is 91.9 Å². The van der Waals surface area contributed by atoms with Crippen molar-refractivity contribution in [1.29, 1.82) is 0 Å². The van der Waals surface area contributed by atoms with Crippen LogP contribution in [0.4, 0.5) is 0 Å². The molecule has 2 heteroatoms. The Bertz CT molecular complexity index is 323. The maximum atomic E-state index is 2.42. The summed E-state index contributed by atoms with van der Waals surface area (Å²) in [7, 11) is 0. The molecule has 1 aromatic rings. The maximum Gasteiger partial charge on any atom is 0.170 e. The standard InChI is InChI=1S/C12H16N.ClH/c1-11-6-2-3-7-12(11)10-13-8-4-5-9-13;/h2-3,6-7,10H,4-5,8-9H2,1H3;1H/q+1;/p-1. The van der Waals surface area contributed by atoms with E-state index in [2.05, 4.69) is 42.0 Å². The third kappa shape index (κ3) is 2.58. The van der Waals surface area contributed by atoms with Gasteiger partial charge >= 0.3 is 0 Å². The number of rotatable bonds is 1. The summed E-state index contributed by atoms with van der Waals surface area (Å²) in [6.07, 6.45) is 4.99. The third-order valence-electron chi connectivity index (χ3n) is 2.65. The first-order valence-corrected chi connectivity index (χ1v) is 5.01. The Morgan fingerprint density at radius 3 is 2.43 bits per heavy atom. The van der Waals surface area contributed by atoms with Gasteiger partial charge < -0.3 is 12.4 Å². The lowest BCUT2D eigenvalue weighted by atomic mass is 10.1. The average Bonchev–Trinajstić information content (AvgIpc) is 2.61. The molecule has 1 nitrogen and oxygen atoms in total. The molecule has 0 aliphatic carbocycles. The molecule has 1 aliphatic rings. The highest BCUT2D eigenvalue weighted by Crippen LogP contribution is 2.06. The van der Waals surface area contributed by atoms with Gasteiger partial charge in [-0.15, -0.1) is 0 Å². The van der Waals surface area contributed by atoms with E-state index < -0.39 is 0 Å².